The number of ether oxygens (including phenoxy) is 3. The van der Waals surface area contributed by atoms with Gasteiger partial charge in [-0.15, -0.1) is 0 Å². The number of hydrogen-bond acceptors (Lipinski definition) is 9. The predicted octanol–water partition coefficient (Wildman–Crippen LogP) is 0.891. The number of methoxy groups -OCH3 is 2. The van der Waals surface area contributed by atoms with Crippen molar-refractivity contribution in [3.8, 4) is 0 Å². The largest absolute Gasteiger partial charge is 0.382 e. The van der Waals surface area contributed by atoms with Crippen molar-refractivity contribution in [2.45, 2.75) is 51.7 Å². The Morgan fingerprint density at radius 2 is 1.49 bits per heavy atom. The van der Waals surface area contributed by atoms with E-state index in [9.17, 15) is 19.2 Å². The van der Waals surface area contributed by atoms with Crippen LogP contribution in [0.3, 0.4) is 0 Å². The quantitative estimate of drug-likeness (QED) is 0.245. The zero-order chi connectivity index (χ0) is 28.8. The molecule has 0 aliphatic carbocycles. The van der Waals surface area contributed by atoms with Gasteiger partial charge in [0.25, 0.3) is 5.91 Å². The second-order valence-electron chi connectivity index (χ2n) is 8.98. The maximum absolute atomic E-state index is 13.3. The van der Waals surface area contributed by atoms with Crippen molar-refractivity contribution in [3.05, 3.63) is 52.9 Å². The number of carbonyl (C=O) groups excluding carboxylic acids is 4. The van der Waals surface area contributed by atoms with E-state index >= 15 is 0 Å². The number of amides is 3. The lowest BCUT2D eigenvalue weighted by Crippen LogP contribution is -2.58. The molecule has 12 nitrogen and oxygen atoms in total. The average Bonchev–Trinajstić information content (AvgIpc) is 3.35. The molecule has 0 saturated heterocycles. The van der Waals surface area contributed by atoms with Crippen molar-refractivity contribution in [2.75, 3.05) is 40.6 Å². The van der Waals surface area contributed by atoms with Crippen LogP contribution in [0.25, 0.3) is 0 Å². The van der Waals surface area contributed by atoms with Gasteiger partial charge < -0.3 is 34.7 Å². The van der Waals surface area contributed by atoms with E-state index < -0.39 is 35.8 Å². The molecule has 0 saturated carbocycles. The third-order valence-electron chi connectivity index (χ3n) is 5.74. The summed E-state index contributed by atoms with van der Waals surface area (Å²) in [5.41, 5.74) is 1.94. The van der Waals surface area contributed by atoms with Crippen molar-refractivity contribution in [1.29, 1.82) is 0 Å². The summed E-state index contributed by atoms with van der Waals surface area (Å²) in [7, 11) is 2.75. The number of hydrogen-bond donors (Lipinski definition) is 3. The van der Waals surface area contributed by atoms with Gasteiger partial charge in [-0.25, -0.2) is 0 Å². The second kappa shape index (κ2) is 16.4. The fourth-order valence-electron chi connectivity index (χ4n) is 3.65. The van der Waals surface area contributed by atoms with Crippen LogP contribution in [-0.4, -0.2) is 87.4 Å². The molecule has 12 heteroatoms. The molecule has 0 radical (unpaired) electrons. The van der Waals surface area contributed by atoms with E-state index in [4.69, 9.17) is 18.7 Å². The van der Waals surface area contributed by atoms with Gasteiger partial charge in [-0.3, -0.25) is 19.2 Å². The Morgan fingerprint density at radius 3 is 2.03 bits per heavy atom. The summed E-state index contributed by atoms with van der Waals surface area (Å²) in [4.78, 5) is 51.8. The Morgan fingerprint density at radius 1 is 0.897 bits per heavy atom. The molecule has 39 heavy (non-hydrogen) atoms. The molecule has 2 rings (SSSR count). The van der Waals surface area contributed by atoms with Crippen LogP contribution >= 0.6 is 0 Å². The Hall–Kier alpha value is -3.61. The third-order valence-corrected chi connectivity index (χ3v) is 5.74. The molecule has 0 aliphatic rings. The fourth-order valence-corrected chi connectivity index (χ4v) is 3.65. The van der Waals surface area contributed by atoms with Gasteiger partial charge >= 0.3 is 0 Å². The summed E-state index contributed by atoms with van der Waals surface area (Å²) in [5.74, 6) is -1.70. The van der Waals surface area contributed by atoms with Gasteiger partial charge in [0, 0.05) is 33.3 Å². The molecule has 2 aromatic rings. The van der Waals surface area contributed by atoms with E-state index in [1.165, 1.54) is 20.3 Å². The number of Topliss-reactive ketones (excluding diaryl/α,β-unsaturated/α-hetero) is 1. The highest BCUT2D eigenvalue weighted by Crippen LogP contribution is 2.09. The topological polar surface area (TPSA) is 158 Å². The highest BCUT2D eigenvalue weighted by molar-refractivity contribution is 5.98. The SMILES string of the molecule is CCOCCC(=O)C(Cc1ccc(C)cc1)NC(=O)[C@H](COC)NC(=O)C(COC)NC(=O)c1cc(C)on1. The summed E-state index contributed by atoms with van der Waals surface area (Å²) in [5, 5.41) is 11.5. The van der Waals surface area contributed by atoms with Crippen LogP contribution in [0.4, 0.5) is 0 Å². The van der Waals surface area contributed by atoms with E-state index in [1.807, 2.05) is 38.1 Å². The smallest absolute Gasteiger partial charge is 0.274 e. The number of nitrogens with zero attached hydrogens (tertiary/aromatic N) is 1. The van der Waals surface area contributed by atoms with E-state index in [-0.39, 0.29) is 44.1 Å². The third kappa shape index (κ3) is 10.6. The Balaban J connectivity index is 2.13. The van der Waals surface area contributed by atoms with Crippen LogP contribution in [0, 0.1) is 13.8 Å². The Labute approximate surface area is 228 Å². The first-order valence-corrected chi connectivity index (χ1v) is 12.7. The molecule has 2 unspecified atom stereocenters. The molecular formula is C27H38N4O8. The zero-order valence-corrected chi connectivity index (χ0v) is 23.1. The summed E-state index contributed by atoms with van der Waals surface area (Å²) in [6.45, 7) is 5.79. The number of aryl methyl sites for hydroxylation is 2. The molecule has 0 spiro atoms. The average molecular weight is 547 g/mol. The van der Waals surface area contributed by atoms with Gasteiger partial charge in [0.05, 0.1) is 25.9 Å². The normalized spacial score (nSPS) is 13.3. The molecule has 1 heterocycles. The number of carbonyl (C=O) groups is 4. The number of aromatic nitrogens is 1. The molecule has 1 aromatic heterocycles. The van der Waals surface area contributed by atoms with Crippen molar-refractivity contribution in [1.82, 2.24) is 21.1 Å². The van der Waals surface area contributed by atoms with Gasteiger partial charge in [-0.1, -0.05) is 35.0 Å². The predicted molar refractivity (Wildman–Crippen MR) is 141 cm³/mol. The Kier molecular flexibility index (Phi) is 13.3. The van der Waals surface area contributed by atoms with E-state index in [2.05, 4.69) is 21.1 Å². The van der Waals surface area contributed by atoms with Crippen LogP contribution < -0.4 is 16.0 Å². The minimum atomic E-state index is -1.15. The maximum atomic E-state index is 13.3. The monoisotopic (exact) mass is 546 g/mol. The molecule has 1 aromatic carbocycles. The first-order valence-electron chi connectivity index (χ1n) is 12.7. The number of ketones is 1. The summed E-state index contributed by atoms with van der Waals surface area (Å²) < 4.78 is 20.4. The standard InChI is InChI=1S/C27H38N4O8/c1-6-38-12-11-24(32)20(14-19-9-7-17(2)8-10-19)28-26(34)22(15-36-4)30-27(35)23(16-37-5)29-25(33)21-13-18(3)39-31-21/h7-10,13,20,22-23H,6,11-12,14-16H2,1-5H3,(H,28,34)(H,29,33)(H,30,35)/t20?,22-,23?/m0/s1. The lowest BCUT2D eigenvalue weighted by molar-refractivity contribution is -0.133. The molecule has 0 bridgehead atoms. The maximum Gasteiger partial charge on any atom is 0.274 e. The van der Waals surface area contributed by atoms with Crippen molar-refractivity contribution in [3.63, 3.8) is 0 Å². The minimum Gasteiger partial charge on any atom is -0.382 e. The minimum absolute atomic E-state index is 0.00269. The molecule has 3 atom stereocenters. The zero-order valence-electron chi connectivity index (χ0n) is 23.1. The number of nitrogens with one attached hydrogen (secondary N) is 3. The van der Waals surface area contributed by atoms with E-state index in [0.29, 0.717) is 12.4 Å². The highest BCUT2D eigenvalue weighted by atomic mass is 16.5. The Bertz CT molecular complexity index is 1090. The van der Waals surface area contributed by atoms with Gasteiger partial charge in [-0.2, -0.15) is 0 Å². The van der Waals surface area contributed by atoms with Gasteiger partial charge in [0.15, 0.2) is 11.5 Å². The van der Waals surface area contributed by atoms with Crippen LogP contribution in [-0.2, 0) is 35.0 Å². The van der Waals surface area contributed by atoms with Crippen LogP contribution in [0.15, 0.2) is 34.9 Å². The first kappa shape index (κ1) is 31.6. The molecule has 0 aliphatic heterocycles. The van der Waals surface area contributed by atoms with Crippen LogP contribution in [0.5, 0.6) is 0 Å². The number of rotatable bonds is 17. The summed E-state index contributed by atoms with van der Waals surface area (Å²) in [6.07, 6.45) is 0.388. The van der Waals surface area contributed by atoms with Crippen LogP contribution in [0.2, 0.25) is 0 Å². The van der Waals surface area contributed by atoms with E-state index in [1.54, 1.807) is 6.92 Å². The molecule has 0 fully saturated rings. The molecule has 214 valence electrons. The van der Waals surface area contributed by atoms with Crippen molar-refractivity contribution < 1.29 is 37.9 Å². The molecular weight excluding hydrogens is 508 g/mol. The molecule has 3 N–H and O–H groups in total. The first-order chi connectivity index (χ1) is 18.7. The second-order valence-corrected chi connectivity index (χ2v) is 8.98. The summed E-state index contributed by atoms with van der Waals surface area (Å²) >= 11 is 0. The van der Waals surface area contributed by atoms with E-state index in [0.717, 1.165) is 11.1 Å². The fraction of sp³-hybridized carbons (Fsp3) is 0.519. The lowest BCUT2D eigenvalue weighted by Gasteiger charge is -2.25. The highest BCUT2D eigenvalue weighted by Gasteiger charge is 2.30. The van der Waals surface area contributed by atoms with Crippen molar-refractivity contribution >= 4 is 23.5 Å². The van der Waals surface area contributed by atoms with Gasteiger partial charge in [-0.05, 0) is 32.8 Å². The lowest BCUT2D eigenvalue weighted by atomic mass is 9.99. The van der Waals surface area contributed by atoms with Gasteiger partial charge in [0.2, 0.25) is 11.8 Å². The van der Waals surface area contributed by atoms with Gasteiger partial charge in [0.1, 0.15) is 17.8 Å². The molecule has 3 amide bonds. The van der Waals surface area contributed by atoms with Crippen LogP contribution in [0.1, 0.15) is 40.7 Å². The summed E-state index contributed by atoms with van der Waals surface area (Å²) in [6, 6.07) is 5.95. The van der Waals surface area contributed by atoms with Crippen molar-refractivity contribution in [2.24, 2.45) is 0 Å². The number of benzene rings is 1.